The van der Waals surface area contributed by atoms with Crippen LogP contribution in [-0.4, -0.2) is 173 Å². The van der Waals surface area contributed by atoms with E-state index >= 15 is 0 Å². The first-order valence-electron chi connectivity index (χ1n) is 16.3. The number of anilines is 1. The van der Waals surface area contributed by atoms with Gasteiger partial charge in [0.15, 0.2) is 6.17 Å². The van der Waals surface area contributed by atoms with Crippen LogP contribution in [0.5, 0.6) is 0 Å². The van der Waals surface area contributed by atoms with Crippen LogP contribution in [0.1, 0.15) is 5.56 Å². The number of fused-ring (bicyclic) bond motifs is 1. The minimum atomic E-state index is -4.22. The van der Waals surface area contributed by atoms with Gasteiger partial charge in [0, 0.05) is 52.4 Å². The number of carboxylic acid groups (broad SMARTS) is 4. The molecule has 0 spiro atoms. The lowest BCUT2D eigenvalue weighted by Crippen LogP contribution is -2.60. The van der Waals surface area contributed by atoms with E-state index in [1.54, 1.807) is 11.0 Å². The third kappa shape index (κ3) is 13.0. The highest BCUT2D eigenvalue weighted by Crippen LogP contribution is 2.21. The Kier molecular flexibility index (Phi) is 14.6. The zero-order valence-corrected chi connectivity index (χ0v) is 30.0. The first kappa shape index (κ1) is 41.1. The molecule has 1 aliphatic rings. The van der Waals surface area contributed by atoms with Gasteiger partial charge in [0.1, 0.15) is 0 Å². The number of aromatic nitrogens is 2. The predicted molar refractivity (Wildman–Crippen MR) is 190 cm³/mol. The smallest absolute Gasteiger partial charge is 0.335 e. The number of hydrogen-bond acceptors (Lipinski definition) is 15. The molecule has 0 aliphatic carbocycles. The molecule has 8 N–H and O–H groups in total. The molecular formula is C31H41N9O11S2. The van der Waals surface area contributed by atoms with Crippen molar-refractivity contribution in [1.82, 2.24) is 35.1 Å². The summed E-state index contributed by atoms with van der Waals surface area (Å²) in [5, 5.41) is 58.4. The molecule has 0 radical (unpaired) electrons. The number of nitrogens with two attached hydrogens (primary N) is 1. The van der Waals surface area contributed by atoms with Gasteiger partial charge >= 0.3 is 23.9 Å². The molecule has 22 heteroatoms. The molecule has 288 valence electrons. The molecule has 1 amide bonds. The van der Waals surface area contributed by atoms with Crippen molar-refractivity contribution in [2.75, 3.05) is 77.3 Å². The number of hydrogen-bond donors (Lipinski definition) is 7. The summed E-state index contributed by atoms with van der Waals surface area (Å²) in [6, 6.07) is 11.7. The molecule has 2 atom stereocenters. The molecule has 3 aromatic rings. The summed E-state index contributed by atoms with van der Waals surface area (Å²) in [6.07, 6.45) is -1.60. The number of primary sulfonamides is 1. The molecule has 0 saturated carbocycles. The molecule has 1 fully saturated rings. The fourth-order valence-corrected chi connectivity index (χ4v) is 7.12. The van der Waals surface area contributed by atoms with E-state index in [0.717, 1.165) is 10.8 Å². The van der Waals surface area contributed by atoms with Gasteiger partial charge in [-0.1, -0.05) is 53.8 Å². The van der Waals surface area contributed by atoms with Gasteiger partial charge in [0.25, 0.3) is 10.0 Å². The van der Waals surface area contributed by atoms with Crippen LogP contribution in [0.2, 0.25) is 0 Å². The van der Waals surface area contributed by atoms with Crippen LogP contribution in [0, 0.1) is 0 Å². The van der Waals surface area contributed by atoms with Gasteiger partial charge in [-0.2, -0.15) is 0 Å². The Hall–Kier alpha value is -4.68. The minimum absolute atomic E-state index is 0.0280. The Morgan fingerprint density at radius 3 is 1.74 bits per heavy atom. The number of rotatable bonds is 15. The number of carbonyl (C=O) groups is 5. The van der Waals surface area contributed by atoms with Crippen molar-refractivity contribution in [2.45, 2.75) is 23.0 Å². The number of sulfonamides is 1. The van der Waals surface area contributed by atoms with E-state index in [4.69, 9.17) is 5.14 Å². The van der Waals surface area contributed by atoms with Crippen LogP contribution in [0.4, 0.5) is 5.13 Å². The van der Waals surface area contributed by atoms with Crippen LogP contribution >= 0.6 is 11.3 Å². The first-order valence-corrected chi connectivity index (χ1v) is 18.6. The maximum Gasteiger partial charge on any atom is 0.335 e. The molecule has 20 nitrogen and oxygen atoms in total. The highest BCUT2D eigenvalue weighted by Gasteiger charge is 2.33. The average Bonchev–Trinajstić information content (AvgIpc) is 3.55. The van der Waals surface area contributed by atoms with Crippen LogP contribution in [0.15, 0.2) is 46.8 Å². The standard InChI is InChI=1S/C31H41N9O11S2/c32-53(50,51)31-36-35-30(52-31)34-28(47)23(16-20-5-6-21-3-1-2-4-22(21)15-20)33-27(29(48)49)40-13-11-38(18-25(43)44)9-7-37(17-24(41)42)8-10-39(12-14-40)19-26(45)46/h1-6,15,23,27,33H,7-14,16-19H2,(H,41,42)(H,43,44)(H,45,46)(H,48,49)(H2,32,50,51)(H,34,35,47)/t23-,27?/m0/s1. The zero-order chi connectivity index (χ0) is 38.7. The van der Waals surface area contributed by atoms with E-state index < -0.39 is 69.4 Å². The number of benzene rings is 2. The summed E-state index contributed by atoms with van der Waals surface area (Å²) in [6.45, 7) is -0.687. The predicted octanol–water partition coefficient (Wildman–Crippen LogP) is -1.64. The van der Waals surface area contributed by atoms with Gasteiger partial charge in [-0.05, 0) is 22.8 Å². The van der Waals surface area contributed by atoms with E-state index in [2.05, 4.69) is 20.8 Å². The average molecular weight is 780 g/mol. The summed E-state index contributed by atoms with van der Waals surface area (Å²) >= 11 is 0.509. The Morgan fingerprint density at radius 2 is 1.26 bits per heavy atom. The summed E-state index contributed by atoms with van der Waals surface area (Å²) in [5.41, 5.74) is 0.655. The molecule has 1 unspecified atom stereocenters. The van der Waals surface area contributed by atoms with Crippen molar-refractivity contribution in [3.63, 3.8) is 0 Å². The van der Waals surface area contributed by atoms with Crippen molar-refractivity contribution >= 4 is 67.0 Å². The number of carbonyl (C=O) groups excluding carboxylic acids is 1. The van der Waals surface area contributed by atoms with Gasteiger partial charge in [-0.15, -0.1) is 10.2 Å². The van der Waals surface area contributed by atoms with Gasteiger partial charge in [-0.25, -0.2) is 18.4 Å². The van der Waals surface area contributed by atoms with Crippen LogP contribution in [-0.2, 0) is 40.4 Å². The monoisotopic (exact) mass is 779 g/mol. The van der Waals surface area contributed by atoms with E-state index in [-0.39, 0.29) is 70.5 Å². The van der Waals surface area contributed by atoms with Crippen LogP contribution < -0.4 is 15.8 Å². The fourth-order valence-electron chi connectivity index (χ4n) is 5.78. The molecule has 2 aromatic carbocycles. The first-order chi connectivity index (χ1) is 25.1. The van der Waals surface area contributed by atoms with Gasteiger partial charge in [0.05, 0.1) is 25.7 Å². The zero-order valence-electron chi connectivity index (χ0n) is 28.4. The fraction of sp³-hybridized carbons (Fsp3) is 0.452. The highest BCUT2D eigenvalue weighted by molar-refractivity contribution is 7.91. The van der Waals surface area contributed by atoms with Crippen molar-refractivity contribution in [3.05, 3.63) is 48.0 Å². The lowest BCUT2D eigenvalue weighted by atomic mass is 10.0. The van der Waals surface area contributed by atoms with Crippen molar-refractivity contribution in [3.8, 4) is 0 Å². The lowest BCUT2D eigenvalue weighted by Gasteiger charge is -2.36. The molecule has 1 aliphatic heterocycles. The lowest BCUT2D eigenvalue weighted by molar-refractivity contribution is -0.146. The van der Waals surface area contributed by atoms with Crippen molar-refractivity contribution in [1.29, 1.82) is 0 Å². The second-order valence-corrected chi connectivity index (χ2v) is 15.0. The summed E-state index contributed by atoms with van der Waals surface area (Å²) in [4.78, 5) is 67.9. The normalized spacial score (nSPS) is 17.3. The van der Waals surface area contributed by atoms with Gasteiger partial charge in [-0.3, -0.25) is 49.4 Å². The number of nitrogens with zero attached hydrogens (tertiary/aromatic N) is 6. The maximum atomic E-state index is 13.8. The van der Waals surface area contributed by atoms with Gasteiger partial charge < -0.3 is 20.4 Å². The Balaban J connectivity index is 1.66. The Bertz CT molecular complexity index is 1860. The molecule has 4 rings (SSSR count). The van der Waals surface area contributed by atoms with E-state index in [1.165, 1.54) is 14.7 Å². The second kappa shape index (κ2) is 18.9. The molecular weight excluding hydrogens is 739 g/mol. The molecule has 0 bridgehead atoms. The third-order valence-electron chi connectivity index (χ3n) is 8.36. The van der Waals surface area contributed by atoms with Crippen molar-refractivity contribution < 1.29 is 52.8 Å². The topological polar surface area (TPSA) is 289 Å². The highest BCUT2D eigenvalue weighted by atomic mass is 32.2. The Labute approximate surface area is 307 Å². The van der Waals surface area contributed by atoms with Crippen LogP contribution in [0.3, 0.4) is 0 Å². The molecule has 2 heterocycles. The summed E-state index contributed by atoms with van der Waals surface area (Å²) in [7, 11) is -4.22. The van der Waals surface area contributed by atoms with E-state index in [9.17, 15) is 52.8 Å². The Morgan fingerprint density at radius 1 is 0.755 bits per heavy atom. The number of aliphatic carboxylic acids is 4. The number of carboxylic acids is 4. The van der Waals surface area contributed by atoms with Crippen LogP contribution in [0.25, 0.3) is 10.8 Å². The largest absolute Gasteiger partial charge is 0.480 e. The number of amides is 1. The van der Waals surface area contributed by atoms with Crippen molar-refractivity contribution in [2.24, 2.45) is 5.14 Å². The molecule has 1 aromatic heterocycles. The van der Waals surface area contributed by atoms with E-state index in [0.29, 0.717) is 16.9 Å². The quantitative estimate of drug-likeness (QED) is 0.0852. The SMILES string of the molecule is NS(=O)(=O)c1nnc(NC(=O)[C@H](Cc2ccc3ccccc3c2)NC(C(=O)O)N2CCN(CC(=O)O)CCN(CC(=O)O)CCN(CC(=O)O)CC2)s1. The van der Waals surface area contributed by atoms with E-state index in [1.807, 2.05) is 36.4 Å². The second-order valence-electron chi connectivity index (χ2n) is 12.3. The molecule has 53 heavy (non-hydrogen) atoms. The molecule has 1 saturated heterocycles. The third-order valence-corrected chi connectivity index (χ3v) is 10.5. The minimum Gasteiger partial charge on any atom is -0.480 e. The number of nitrogens with one attached hydrogen (secondary N) is 2. The maximum absolute atomic E-state index is 13.8. The summed E-state index contributed by atoms with van der Waals surface area (Å²) in [5.74, 6) is -5.56. The van der Waals surface area contributed by atoms with Gasteiger partial charge in [0.2, 0.25) is 15.4 Å². The summed E-state index contributed by atoms with van der Waals surface area (Å²) < 4.78 is 23.0.